The molecule has 1 aliphatic heterocycles. The quantitative estimate of drug-likeness (QED) is 0.674. The van der Waals surface area contributed by atoms with Crippen molar-refractivity contribution in [1.29, 1.82) is 0 Å². The summed E-state index contributed by atoms with van der Waals surface area (Å²) in [5.41, 5.74) is 3.89. The fourth-order valence-corrected chi connectivity index (χ4v) is 3.73. The van der Waals surface area contributed by atoms with Gasteiger partial charge in [-0.05, 0) is 43.2 Å². The maximum absolute atomic E-state index is 12.6. The number of carbonyl (C=O) groups is 1. The Labute approximate surface area is 170 Å². The van der Waals surface area contributed by atoms with E-state index in [1.165, 1.54) is 0 Å². The second kappa shape index (κ2) is 8.15. The third kappa shape index (κ3) is 4.09. The third-order valence-electron chi connectivity index (χ3n) is 5.19. The van der Waals surface area contributed by atoms with Crippen LogP contribution in [-0.4, -0.2) is 47.0 Å². The molecule has 1 aliphatic rings. The average Bonchev–Trinajstić information content (AvgIpc) is 2.73. The Hall–Kier alpha value is -2.66. The second-order valence-corrected chi connectivity index (χ2v) is 7.55. The number of hydrogen-bond donors (Lipinski definition) is 0. The van der Waals surface area contributed by atoms with Gasteiger partial charge in [0.05, 0.1) is 16.7 Å². The van der Waals surface area contributed by atoms with E-state index in [1.807, 2.05) is 60.4 Å². The van der Waals surface area contributed by atoms with Crippen LogP contribution in [-0.2, 0) is 11.2 Å². The summed E-state index contributed by atoms with van der Waals surface area (Å²) in [6.07, 6.45) is 1.27. The van der Waals surface area contributed by atoms with Crippen molar-refractivity contribution < 1.29 is 4.79 Å². The van der Waals surface area contributed by atoms with E-state index >= 15 is 0 Å². The zero-order valence-corrected chi connectivity index (χ0v) is 16.7. The Morgan fingerprint density at radius 2 is 1.61 bits per heavy atom. The Balaban J connectivity index is 1.36. The number of anilines is 1. The molecule has 1 aromatic heterocycles. The van der Waals surface area contributed by atoms with Gasteiger partial charge in [-0.2, -0.15) is 0 Å². The van der Waals surface area contributed by atoms with E-state index in [0.29, 0.717) is 19.5 Å². The number of para-hydroxylation sites is 2. The standard InChI is InChI=1S/C22H23ClN4O/c1-16-22(25-20-5-3-2-4-19(20)24-16)27-14-12-26(13-15-27)21(28)11-8-17-6-9-18(23)10-7-17/h2-7,9-10H,8,11-15H2,1H3. The molecule has 1 fully saturated rings. The first-order chi connectivity index (χ1) is 13.6. The van der Waals surface area contributed by atoms with Crippen LogP contribution in [0.25, 0.3) is 11.0 Å². The summed E-state index contributed by atoms with van der Waals surface area (Å²) >= 11 is 5.91. The number of piperazine rings is 1. The van der Waals surface area contributed by atoms with Crippen LogP contribution in [0.3, 0.4) is 0 Å². The molecule has 28 heavy (non-hydrogen) atoms. The molecule has 0 atom stereocenters. The highest BCUT2D eigenvalue weighted by Crippen LogP contribution is 2.21. The van der Waals surface area contributed by atoms with E-state index in [4.69, 9.17) is 16.6 Å². The van der Waals surface area contributed by atoms with Crippen LogP contribution in [0, 0.1) is 6.92 Å². The highest BCUT2D eigenvalue weighted by atomic mass is 35.5. The van der Waals surface area contributed by atoms with Crippen molar-refractivity contribution in [3.8, 4) is 0 Å². The number of rotatable bonds is 4. The molecule has 1 saturated heterocycles. The number of aromatic nitrogens is 2. The zero-order valence-electron chi connectivity index (χ0n) is 15.9. The number of benzene rings is 2. The molecule has 0 radical (unpaired) electrons. The van der Waals surface area contributed by atoms with Crippen molar-refractivity contribution in [2.75, 3.05) is 31.1 Å². The number of carbonyl (C=O) groups excluding carboxylic acids is 1. The number of fused-ring (bicyclic) bond motifs is 1. The highest BCUT2D eigenvalue weighted by molar-refractivity contribution is 6.30. The SMILES string of the molecule is Cc1nc2ccccc2nc1N1CCN(C(=O)CCc2ccc(Cl)cc2)CC1. The van der Waals surface area contributed by atoms with Gasteiger partial charge in [-0.15, -0.1) is 0 Å². The normalized spacial score (nSPS) is 14.5. The summed E-state index contributed by atoms with van der Waals surface area (Å²) in [5.74, 6) is 1.13. The van der Waals surface area contributed by atoms with Gasteiger partial charge in [0.25, 0.3) is 0 Å². The van der Waals surface area contributed by atoms with Crippen molar-refractivity contribution >= 4 is 34.4 Å². The number of hydrogen-bond acceptors (Lipinski definition) is 4. The smallest absolute Gasteiger partial charge is 0.223 e. The van der Waals surface area contributed by atoms with Crippen LogP contribution in [0.5, 0.6) is 0 Å². The van der Waals surface area contributed by atoms with Gasteiger partial charge in [-0.1, -0.05) is 35.9 Å². The fraction of sp³-hybridized carbons (Fsp3) is 0.318. The van der Waals surface area contributed by atoms with Gasteiger partial charge in [0.1, 0.15) is 0 Å². The van der Waals surface area contributed by atoms with Gasteiger partial charge < -0.3 is 9.80 Å². The number of aryl methyl sites for hydroxylation is 2. The molecule has 3 aromatic rings. The maximum Gasteiger partial charge on any atom is 0.223 e. The van der Waals surface area contributed by atoms with Gasteiger partial charge >= 0.3 is 0 Å². The first-order valence-corrected chi connectivity index (χ1v) is 9.98. The number of amides is 1. The van der Waals surface area contributed by atoms with Crippen LogP contribution in [0.1, 0.15) is 17.7 Å². The topological polar surface area (TPSA) is 49.3 Å². The Bertz CT molecular complexity index is 981. The summed E-state index contributed by atoms with van der Waals surface area (Å²) in [7, 11) is 0. The van der Waals surface area contributed by atoms with E-state index in [9.17, 15) is 4.79 Å². The van der Waals surface area contributed by atoms with Crippen LogP contribution >= 0.6 is 11.6 Å². The molecule has 2 aromatic carbocycles. The van der Waals surface area contributed by atoms with Crippen LogP contribution in [0.4, 0.5) is 5.82 Å². The maximum atomic E-state index is 12.6. The minimum Gasteiger partial charge on any atom is -0.352 e. The molecule has 0 bridgehead atoms. The highest BCUT2D eigenvalue weighted by Gasteiger charge is 2.23. The molecule has 0 aliphatic carbocycles. The van der Waals surface area contributed by atoms with Crippen LogP contribution < -0.4 is 4.90 Å². The van der Waals surface area contributed by atoms with E-state index in [0.717, 1.165) is 52.6 Å². The molecule has 1 amide bonds. The third-order valence-corrected chi connectivity index (χ3v) is 5.44. The average molecular weight is 395 g/mol. The first kappa shape index (κ1) is 18.7. The van der Waals surface area contributed by atoms with Crippen molar-refractivity contribution in [2.45, 2.75) is 19.8 Å². The molecule has 0 saturated carbocycles. The molecule has 0 spiro atoms. The van der Waals surface area contributed by atoms with E-state index in [2.05, 4.69) is 9.88 Å². The van der Waals surface area contributed by atoms with Crippen molar-refractivity contribution in [3.63, 3.8) is 0 Å². The monoisotopic (exact) mass is 394 g/mol. The van der Waals surface area contributed by atoms with Gasteiger partial charge in [-0.25, -0.2) is 9.97 Å². The summed E-state index contributed by atoms with van der Waals surface area (Å²) in [6.45, 7) is 4.99. The minimum absolute atomic E-state index is 0.205. The van der Waals surface area contributed by atoms with Gasteiger partial charge in [0, 0.05) is 37.6 Å². The lowest BCUT2D eigenvalue weighted by Crippen LogP contribution is -2.49. The van der Waals surface area contributed by atoms with Crippen molar-refractivity contribution in [3.05, 3.63) is 64.8 Å². The lowest BCUT2D eigenvalue weighted by atomic mass is 10.1. The fourth-order valence-electron chi connectivity index (χ4n) is 3.61. The van der Waals surface area contributed by atoms with Gasteiger partial charge in [0.15, 0.2) is 5.82 Å². The summed E-state index contributed by atoms with van der Waals surface area (Å²) in [4.78, 5) is 26.2. The van der Waals surface area contributed by atoms with Crippen LogP contribution in [0.15, 0.2) is 48.5 Å². The predicted octanol–water partition coefficient (Wildman–Crippen LogP) is 3.87. The molecule has 2 heterocycles. The van der Waals surface area contributed by atoms with Gasteiger partial charge in [0.2, 0.25) is 5.91 Å². The van der Waals surface area contributed by atoms with E-state index in [-0.39, 0.29) is 5.91 Å². The van der Waals surface area contributed by atoms with Crippen molar-refractivity contribution in [2.24, 2.45) is 0 Å². The molecular weight excluding hydrogens is 372 g/mol. The molecule has 0 N–H and O–H groups in total. The summed E-state index contributed by atoms with van der Waals surface area (Å²) in [5, 5.41) is 0.721. The molecule has 0 unspecified atom stereocenters. The first-order valence-electron chi connectivity index (χ1n) is 9.61. The molecular formula is C22H23ClN4O. The van der Waals surface area contributed by atoms with Crippen molar-refractivity contribution in [1.82, 2.24) is 14.9 Å². The lowest BCUT2D eigenvalue weighted by Gasteiger charge is -2.36. The summed E-state index contributed by atoms with van der Waals surface area (Å²) in [6, 6.07) is 15.6. The number of nitrogens with zero attached hydrogens (tertiary/aromatic N) is 4. The lowest BCUT2D eigenvalue weighted by molar-refractivity contribution is -0.131. The van der Waals surface area contributed by atoms with E-state index in [1.54, 1.807) is 0 Å². The van der Waals surface area contributed by atoms with Gasteiger partial charge in [-0.3, -0.25) is 4.79 Å². The largest absolute Gasteiger partial charge is 0.352 e. The molecule has 144 valence electrons. The predicted molar refractivity (Wildman–Crippen MR) is 113 cm³/mol. The Kier molecular flexibility index (Phi) is 5.44. The molecule has 4 rings (SSSR count). The van der Waals surface area contributed by atoms with E-state index < -0.39 is 0 Å². The Morgan fingerprint density at radius 1 is 0.964 bits per heavy atom. The molecule has 5 nitrogen and oxygen atoms in total. The summed E-state index contributed by atoms with van der Waals surface area (Å²) < 4.78 is 0. The van der Waals surface area contributed by atoms with Crippen LogP contribution in [0.2, 0.25) is 5.02 Å². The number of halogens is 1. The minimum atomic E-state index is 0.205. The second-order valence-electron chi connectivity index (χ2n) is 7.12. The molecule has 6 heteroatoms. The zero-order chi connectivity index (χ0) is 19.5. The Morgan fingerprint density at radius 3 is 2.29 bits per heavy atom.